The quantitative estimate of drug-likeness (QED) is 0.619. The third-order valence-corrected chi connectivity index (χ3v) is 6.31. The van der Waals surface area contributed by atoms with Crippen molar-refractivity contribution in [1.82, 2.24) is 14.9 Å². The molecule has 0 saturated carbocycles. The molecule has 2 aromatic carbocycles. The Morgan fingerprint density at radius 3 is 2.30 bits per heavy atom. The Morgan fingerprint density at radius 2 is 1.58 bits per heavy atom. The van der Waals surface area contributed by atoms with Crippen molar-refractivity contribution in [3.05, 3.63) is 72.4 Å². The van der Waals surface area contributed by atoms with Gasteiger partial charge in [-0.3, -0.25) is 9.59 Å². The van der Waals surface area contributed by atoms with Crippen molar-refractivity contribution in [2.24, 2.45) is 0 Å². The fraction of sp³-hybridized carbons (Fsp3) is 0.308. The zero-order valence-electron chi connectivity index (χ0n) is 18.6. The molecule has 2 aliphatic heterocycles. The van der Waals surface area contributed by atoms with Crippen molar-refractivity contribution in [2.75, 3.05) is 42.5 Å². The molecule has 0 aliphatic carbocycles. The number of hydrogen-bond donors (Lipinski definition) is 0. The van der Waals surface area contributed by atoms with E-state index in [0.29, 0.717) is 30.9 Å². The normalized spacial score (nSPS) is 16.7. The number of amides is 2. The van der Waals surface area contributed by atoms with Crippen molar-refractivity contribution in [2.45, 2.75) is 19.3 Å². The number of nitrogens with zero attached hydrogens (tertiary/aromatic N) is 5. The molecule has 2 amide bonds. The van der Waals surface area contributed by atoms with E-state index in [1.54, 1.807) is 6.20 Å². The van der Waals surface area contributed by atoms with Gasteiger partial charge in [0.25, 0.3) is 5.91 Å². The molecule has 1 aromatic heterocycles. The molecule has 0 atom stereocenters. The van der Waals surface area contributed by atoms with Gasteiger partial charge in [-0.2, -0.15) is 0 Å². The molecule has 0 radical (unpaired) electrons. The smallest absolute Gasteiger partial charge is 0.253 e. The van der Waals surface area contributed by atoms with Crippen molar-refractivity contribution >= 4 is 23.3 Å². The molecular weight excluding hydrogens is 414 g/mol. The molecule has 5 rings (SSSR count). The third-order valence-electron chi connectivity index (χ3n) is 6.31. The largest absolute Gasteiger partial charge is 0.353 e. The van der Waals surface area contributed by atoms with Crippen LogP contribution in [0.1, 0.15) is 29.6 Å². The Bertz CT molecular complexity index is 1120. The summed E-state index contributed by atoms with van der Waals surface area (Å²) in [5.74, 6) is 1.78. The minimum atomic E-state index is 0.0267. The summed E-state index contributed by atoms with van der Waals surface area (Å²) in [4.78, 5) is 40.2. The highest BCUT2D eigenvalue weighted by Crippen LogP contribution is 2.23. The van der Waals surface area contributed by atoms with Gasteiger partial charge in [-0.15, -0.1) is 0 Å². The fourth-order valence-electron chi connectivity index (χ4n) is 4.44. The molecule has 0 bridgehead atoms. The Labute approximate surface area is 193 Å². The first-order chi connectivity index (χ1) is 16.2. The second-order valence-corrected chi connectivity index (χ2v) is 8.43. The lowest BCUT2D eigenvalue weighted by Gasteiger charge is -2.35. The Kier molecular flexibility index (Phi) is 6.02. The van der Waals surface area contributed by atoms with E-state index in [0.717, 1.165) is 49.5 Å². The third kappa shape index (κ3) is 4.58. The maximum Gasteiger partial charge on any atom is 0.253 e. The zero-order valence-corrected chi connectivity index (χ0v) is 18.6. The van der Waals surface area contributed by atoms with Crippen LogP contribution in [0, 0.1) is 0 Å². The first kappa shape index (κ1) is 21.1. The van der Waals surface area contributed by atoms with Crippen molar-refractivity contribution in [3.63, 3.8) is 0 Å². The molecule has 168 valence electrons. The van der Waals surface area contributed by atoms with Crippen LogP contribution in [0.2, 0.25) is 0 Å². The standard InChI is InChI=1S/C26H27N5O2/c32-24-8-4-5-15-31(24)22-11-9-21(10-12-22)26(33)30-18-16-29(17-19-30)23-13-14-27-25(28-23)20-6-2-1-3-7-20/h1-3,6-7,9-14H,4-5,8,15-19H2. The van der Waals surface area contributed by atoms with E-state index in [-0.39, 0.29) is 11.8 Å². The van der Waals surface area contributed by atoms with Gasteiger partial charge < -0.3 is 14.7 Å². The Balaban J connectivity index is 1.21. The van der Waals surface area contributed by atoms with Gasteiger partial charge in [0.1, 0.15) is 5.82 Å². The summed E-state index contributed by atoms with van der Waals surface area (Å²) in [7, 11) is 0. The minimum absolute atomic E-state index is 0.0267. The first-order valence-corrected chi connectivity index (χ1v) is 11.5. The summed E-state index contributed by atoms with van der Waals surface area (Å²) in [5, 5.41) is 0. The van der Waals surface area contributed by atoms with Crippen LogP contribution < -0.4 is 9.80 Å². The molecular formula is C26H27N5O2. The van der Waals surface area contributed by atoms with E-state index < -0.39 is 0 Å². The van der Waals surface area contributed by atoms with Gasteiger partial charge in [0.05, 0.1) is 0 Å². The van der Waals surface area contributed by atoms with Crippen molar-refractivity contribution in [3.8, 4) is 11.4 Å². The summed E-state index contributed by atoms with van der Waals surface area (Å²) >= 11 is 0. The molecule has 3 aromatic rings. The highest BCUT2D eigenvalue weighted by molar-refractivity contribution is 5.97. The molecule has 7 nitrogen and oxygen atoms in total. The lowest BCUT2D eigenvalue weighted by molar-refractivity contribution is -0.119. The molecule has 2 saturated heterocycles. The van der Waals surface area contributed by atoms with E-state index in [1.165, 1.54) is 0 Å². The first-order valence-electron chi connectivity index (χ1n) is 11.5. The van der Waals surface area contributed by atoms with Crippen LogP contribution in [0.4, 0.5) is 11.5 Å². The number of benzene rings is 2. The Hall–Kier alpha value is -3.74. The summed E-state index contributed by atoms with van der Waals surface area (Å²) in [6.45, 7) is 3.46. The van der Waals surface area contributed by atoms with Crippen molar-refractivity contribution in [1.29, 1.82) is 0 Å². The van der Waals surface area contributed by atoms with Crippen LogP contribution in [0.15, 0.2) is 66.9 Å². The van der Waals surface area contributed by atoms with Crippen molar-refractivity contribution < 1.29 is 9.59 Å². The lowest BCUT2D eigenvalue weighted by Crippen LogP contribution is -2.49. The summed E-state index contributed by atoms with van der Waals surface area (Å²) in [6.07, 6.45) is 4.37. The van der Waals surface area contributed by atoms with Gasteiger partial charge in [0.15, 0.2) is 5.82 Å². The average molecular weight is 442 g/mol. The molecule has 0 N–H and O–H groups in total. The topological polar surface area (TPSA) is 69.6 Å². The molecule has 0 spiro atoms. The van der Waals surface area contributed by atoms with Gasteiger partial charge in [0.2, 0.25) is 5.91 Å². The molecule has 2 fully saturated rings. The number of piperidine rings is 1. The summed E-state index contributed by atoms with van der Waals surface area (Å²) in [6, 6.07) is 19.3. The number of anilines is 2. The van der Waals surface area contributed by atoms with E-state index >= 15 is 0 Å². The summed E-state index contributed by atoms with van der Waals surface area (Å²) in [5.41, 5.74) is 2.52. The molecule has 3 heterocycles. The number of carbonyl (C=O) groups excluding carboxylic acids is 2. The number of hydrogen-bond acceptors (Lipinski definition) is 5. The van der Waals surface area contributed by atoms with Gasteiger partial charge >= 0.3 is 0 Å². The summed E-state index contributed by atoms with van der Waals surface area (Å²) < 4.78 is 0. The SMILES string of the molecule is O=C(c1ccc(N2CCCCC2=O)cc1)N1CCN(c2ccnc(-c3ccccc3)n2)CC1. The Morgan fingerprint density at radius 1 is 0.818 bits per heavy atom. The minimum Gasteiger partial charge on any atom is -0.353 e. The number of piperazine rings is 1. The highest BCUT2D eigenvalue weighted by atomic mass is 16.2. The number of aromatic nitrogens is 2. The molecule has 33 heavy (non-hydrogen) atoms. The van der Waals surface area contributed by atoms with Crippen LogP contribution in [-0.2, 0) is 4.79 Å². The van der Waals surface area contributed by atoms with Gasteiger partial charge in [0, 0.05) is 62.2 Å². The molecule has 2 aliphatic rings. The highest BCUT2D eigenvalue weighted by Gasteiger charge is 2.24. The van der Waals surface area contributed by atoms with Gasteiger partial charge in [-0.25, -0.2) is 9.97 Å². The van der Waals surface area contributed by atoms with Gasteiger partial charge in [-0.05, 0) is 43.2 Å². The average Bonchev–Trinajstić information content (AvgIpc) is 2.89. The monoisotopic (exact) mass is 441 g/mol. The fourth-order valence-corrected chi connectivity index (χ4v) is 4.44. The lowest BCUT2D eigenvalue weighted by atomic mass is 10.1. The maximum absolute atomic E-state index is 13.0. The van der Waals surface area contributed by atoms with Gasteiger partial charge in [-0.1, -0.05) is 30.3 Å². The predicted molar refractivity (Wildman–Crippen MR) is 128 cm³/mol. The number of carbonyl (C=O) groups is 2. The number of rotatable bonds is 4. The van der Waals surface area contributed by atoms with E-state index in [9.17, 15) is 9.59 Å². The molecule has 7 heteroatoms. The van der Waals surface area contributed by atoms with Crippen LogP contribution in [-0.4, -0.2) is 59.4 Å². The second-order valence-electron chi connectivity index (χ2n) is 8.43. The van der Waals surface area contributed by atoms with E-state index in [1.807, 2.05) is 70.5 Å². The molecule has 0 unspecified atom stereocenters. The van der Waals surface area contributed by atoms with Crippen LogP contribution >= 0.6 is 0 Å². The van der Waals surface area contributed by atoms with Crippen LogP contribution in [0.3, 0.4) is 0 Å². The maximum atomic E-state index is 13.0. The van der Waals surface area contributed by atoms with Crippen LogP contribution in [0.5, 0.6) is 0 Å². The van der Waals surface area contributed by atoms with Crippen LogP contribution in [0.25, 0.3) is 11.4 Å². The predicted octanol–water partition coefficient (Wildman–Crippen LogP) is 3.62. The second kappa shape index (κ2) is 9.40. The van der Waals surface area contributed by atoms with E-state index in [4.69, 9.17) is 4.98 Å². The zero-order chi connectivity index (χ0) is 22.6. The van der Waals surface area contributed by atoms with E-state index in [2.05, 4.69) is 9.88 Å².